The van der Waals surface area contributed by atoms with Crippen LogP contribution in [0.1, 0.15) is 38.2 Å². The number of rotatable bonds is 3. The first-order valence-corrected chi connectivity index (χ1v) is 7.39. The SMILES string of the molecule is C[C@H]1CCCC[C@@H]1NC(=O)/C(C#N)=C/c1ccc(F)c(F)c1. The highest BCUT2D eigenvalue weighted by Crippen LogP contribution is 2.24. The third-order valence-electron chi connectivity index (χ3n) is 4.05. The molecule has 0 heterocycles. The van der Waals surface area contributed by atoms with Crippen LogP contribution in [-0.4, -0.2) is 11.9 Å². The van der Waals surface area contributed by atoms with Gasteiger partial charge in [-0.05, 0) is 42.5 Å². The summed E-state index contributed by atoms with van der Waals surface area (Å²) in [5.41, 5.74) is 0.172. The van der Waals surface area contributed by atoms with Crippen LogP contribution in [0.5, 0.6) is 0 Å². The van der Waals surface area contributed by atoms with E-state index in [2.05, 4.69) is 12.2 Å². The standard InChI is InChI=1S/C17H18F2N2O/c1-11-4-2-3-5-16(11)21-17(22)13(10-20)8-12-6-7-14(18)15(19)9-12/h6-9,11,16H,2-5H2,1H3,(H,21,22)/b13-8+/t11-,16-/m0/s1. The second-order valence-corrected chi connectivity index (χ2v) is 5.69. The highest BCUT2D eigenvalue weighted by atomic mass is 19.2. The molecule has 2 rings (SSSR count). The molecule has 1 N–H and O–H groups in total. The molecule has 0 aliphatic heterocycles. The van der Waals surface area contributed by atoms with E-state index in [0.29, 0.717) is 5.92 Å². The van der Waals surface area contributed by atoms with E-state index in [1.165, 1.54) is 12.1 Å². The lowest BCUT2D eigenvalue weighted by Gasteiger charge is -2.29. The van der Waals surface area contributed by atoms with Crippen molar-refractivity contribution in [3.63, 3.8) is 0 Å². The number of benzene rings is 1. The van der Waals surface area contributed by atoms with Crippen LogP contribution in [-0.2, 0) is 4.79 Å². The molecular weight excluding hydrogens is 286 g/mol. The van der Waals surface area contributed by atoms with Gasteiger partial charge >= 0.3 is 0 Å². The minimum absolute atomic E-state index is 0.0583. The fourth-order valence-corrected chi connectivity index (χ4v) is 2.69. The largest absolute Gasteiger partial charge is 0.348 e. The Kier molecular flexibility index (Phi) is 5.26. The Morgan fingerprint density at radius 2 is 2.05 bits per heavy atom. The summed E-state index contributed by atoms with van der Waals surface area (Å²) in [4.78, 5) is 12.2. The maximum atomic E-state index is 13.2. The minimum atomic E-state index is -1.01. The Hall–Kier alpha value is -2.22. The predicted octanol–water partition coefficient (Wildman–Crippen LogP) is 3.57. The lowest BCUT2D eigenvalue weighted by atomic mass is 9.86. The van der Waals surface area contributed by atoms with Crippen LogP contribution in [0, 0.1) is 28.9 Å². The number of nitriles is 1. The van der Waals surface area contributed by atoms with Crippen LogP contribution >= 0.6 is 0 Å². The van der Waals surface area contributed by atoms with Crippen molar-refractivity contribution in [1.82, 2.24) is 5.32 Å². The van der Waals surface area contributed by atoms with Gasteiger partial charge in [-0.3, -0.25) is 4.79 Å². The first kappa shape index (κ1) is 16.2. The number of hydrogen-bond donors (Lipinski definition) is 1. The van der Waals surface area contributed by atoms with Crippen molar-refractivity contribution >= 4 is 12.0 Å². The smallest absolute Gasteiger partial charge is 0.262 e. The molecule has 0 spiro atoms. The molecule has 2 atom stereocenters. The Morgan fingerprint density at radius 1 is 1.32 bits per heavy atom. The Bertz CT molecular complexity index is 634. The van der Waals surface area contributed by atoms with Gasteiger partial charge in [0, 0.05) is 6.04 Å². The van der Waals surface area contributed by atoms with Crippen molar-refractivity contribution in [3.05, 3.63) is 41.0 Å². The molecule has 1 aliphatic rings. The van der Waals surface area contributed by atoms with Gasteiger partial charge in [0.25, 0.3) is 5.91 Å². The zero-order chi connectivity index (χ0) is 16.1. The van der Waals surface area contributed by atoms with Crippen LogP contribution in [0.25, 0.3) is 6.08 Å². The van der Waals surface area contributed by atoms with E-state index < -0.39 is 17.5 Å². The zero-order valence-corrected chi connectivity index (χ0v) is 12.4. The van der Waals surface area contributed by atoms with Gasteiger partial charge < -0.3 is 5.32 Å². The molecule has 1 amide bonds. The third-order valence-corrected chi connectivity index (χ3v) is 4.05. The summed E-state index contributed by atoms with van der Waals surface area (Å²) in [7, 11) is 0. The van der Waals surface area contributed by atoms with Crippen molar-refractivity contribution in [1.29, 1.82) is 5.26 Å². The molecular formula is C17H18F2N2O. The highest BCUT2D eigenvalue weighted by Gasteiger charge is 2.24. The molecule has 1 aromatic carbocycles. The van der Waals surface area contributed by atoms with Crippen molar-refractivity contribution in [3.8, 4) is 6.07 Å². The predicted molar refractivity (Wildman–Crippen MR) is 79.5 cm³/mol. The number of hydrogen-bond acceptors (Lipinski definition) is 2. The van der Waals surface area contributed by atoms with E-state index >= 15 is 0 Å². The second kappa shape index (κ2) is 7.17. The van der Waals surface area contributed by atoms with Crippen LogP contribution in [0.4, 0.5) is 8.78 Å². The van der Waals surface area contributed by atoms with E-state index in [1.807, 2.05) is 6.07 Å². The van der Waals surface area contributed by atoms with Crippen LogP contribution in [0.15, 0.2) is 23.8 Å². The molecule has 1 aliphatic carbocycles. The van der Waals surface area contributed by atoms with Crippen molar-refractivity contribution in [2.24, 2.45) is 5.92 Å². The van der Waals surface area contributed by atoms with Gasteiger partial charge in [0.1, 0.15) is 11.6 Å². The summed E-state index contributed by atoms with van der Waals surface area (Å²) in [5.74, 6) is -2.06. The number of halogens is 2. The summed E-state index contributed by atoms with van der Waals surface area (Å²) in [5, 5.41) is 12.0. The quantitative estimate of drug-likeness (QED) is 0.685. The molecule has 1 saturated carbocycles. The third kappa shape index (κ3) is 3.91. The van der Waals surface area contributed by atoms with Crippen LogP contribution in [0.2, 0.25) is 0 Å². The first-order chi connectivity index (χ1) is 10.5. The highest BCUT2D eigenvalue weighted by molar-refractivity contribution is 6.01. The topological polar surface area (TPSA) is 52.9 Å². The second-order valence-electron chi connectivity index (χ2n) is 5.69. The molecule has 0 radical (unpaired) electrons. The molecule has 0 aromatic heterocycles. The Labute approximate surface area is 128 Å². The van der Waals surface area contributed by atoms with Gasteiger partial charge in [0.2, 0.25) is 0 Å². The average Bonchev–Trinajstić information content (AvgIpc) is 2.50. The van der Waals surface area contributed by atoms with Gasteiger partial charge in [-0.1, -0.05) is 25.8 Å². The van der Waals surface area contributed by atoms with E-state index in [-0.39, 0.29) is 17.2 Å². The van der Waals surface area contributed by atoms with Crippen molar-refractivity contribution < 1.29 is 13.6 Å². The minimum Gasteiger partial charge on any atom is -0.348 e. The van der Waals surface area contributed by atoms with Gasteiger partial charge in [0.05, 0.1) is 0 Å². The van der Waals surface area contributed by atoms with E-state index in [4.69, 9.17) is 5.26 Å². The number of carbonyl (C=O) groups excluding carboxylic acids is 1. The average molecular weight is 304 g/mol. The summed E-state index contributed by atoms with van der Waals surface area (Å²) >= 11 is 0. The molecule has 5 heteroatoms. The fraction of sp³-hybridized carbons (Fsp3) is 0.412. The Balaban J connectivity index is 2.13. The monoisotopic (exact) mass is 304 g/mol. The molecule has 1 fully saturated rings. The molecule has 0 saturated heterocycles. The molecule has 0 bridgehead atoms. The summed E-state index contributed by atoms with van der Waals surface area (Å²) in [6, 6.07) is 5.14. The number of nitrogens with zero attached hydrogens (tertiary/aromatic N) is 1. The van der Waals surface area contributed by atoms with Crippen LogP contribution < -0.4 is 5.32 Å². The van der Waals surface area contributed by atoms with Gasteiger partial charge in [0.15, 0.2) is 11.6 Å². The maximum absolute atomic E-state index is 13.2. The normalized spacial score (nSPS) is 22.0. The van der Waals surface area contributed by atoms with E-state index in [9.17, 15) is 13.6 Å². The number of carbonyl (C=O) groups is 1. The number of amides is 1. The summed E-state index contributed by atoms with van der Waals surface area (Å²) in [6.45, 7) is 2.08. The number of nitrogens with one attached hydrogen (secondary N) is 1. The van der Waals surface area contributed by atoms with E-state index in [1.54, 1.807) is 0 Å². The molecule has 22 heavy (non-hydrogen) atoms. The van der Waals surface area contributed by atoms with Crippen molar-refractivity contribution in [2.45, 2.75) is 38.6 Å². The fourth-order valence-electron chi connectivity index (χ4n) is 2.69. The van der Waals surface area contributed by atoms with Gasteiger partial charge in [-0.25, -0.2) is 8.78 Å². The van der Waals surface area contributed by atoms with E-state index in [0.717, 1.165) is 37.8 Å². The molecule has 116 valence electrons. The summed E-state index contributed by atoms with van der Waals surface area (Å²) in [6.07, 6.45) is 5.44. The lowest BCUT2D eigenvalue weighted by Crippen LogP contribution is -2.41. The molecule has 3 nitrogen and oxygen atoms in total. The molecule has 0 unspecified atom stereocenters. The first-order valence-electron chi connectivity index (χ1n) is 7.39. The lowest BCUT2D eigenvalue weighted by molar-refractivity contribution is -0.118. The van der Waals surface area contributed by atoms with Crippen LogP contribution in [0.3, 0.4) is 0 Å². The zero-order valence-electron chi connectivity index (χ0n) is 12.4. The maximum Gasteiger partial charge on any atom is 0.262 e. The Morgan fingerprint density at radius 3 is 2.68 bits per heavy atom. The van der Waals surface area contributed by atoms with Gasteiger partial charge in [-0.2, -0.15) is 5.26 Å². The van der Waals surface area contributed by atoms with Crippen molar-refractivity contribution in [2.75, 3.05) is 0 Å². The van der Waals surface area contributed by atoms with Gasteiger partial charge in [-0.15, -0.1) is 0 Å². The molecule has 1 aromatic rings. The summed E-state index contributed by atoms with van der Waals surface area (Å²) < 4.78 is 26.1.